The topological polar surface area (TPSA) is 3.24 Å². The van der Waals surface area contributed by atoms with Gasteiger partial charge in [-0.1, -0.05) is 65.7 Å². The molecule has 3 fully saturated rings. The molecule has 1 nitrogen and oxygen atoms in total. The molecule has 0 saturated heterocycles. The Morgan fingerprint density at radius 1 is 0.870 bits per heavy atom. The van der Waals surface area contributed by atoms with E-state index in [0.717, 1.165) is 23.7 Å². The Morgan fingerprint density at radius 3 is 2.26 bits per heavy atom. The van der Waals surface area contributed by atoms with E-state index in [1.54, 1.807) is 19.3 Å². The predicted octanol–water partition coefficient (Wildman–Crippen LogP) is 6.27. The largest absolute Gasteiger partial charge is 0.298 e. The summed E-state index contributed by atoms with van der Waals surface area (Å²) in [5, 5.41) is 0. The van der Waals surface area contributed by atoms with Gasteiger partial charge in [-0.2, -0.15) is 0 Å². The Kier molecular flexibility index (Phi) is 6.10. The number of rotatable bonds is 8. The first-order valence-corrected chi connectivity index (χ1v) is 11.0. The van der Waals surface area contributed by atoms with Crippen molar-refractivity contribution < 1.29 is 0 Å². The summed E-state index contributed by atoms with van der Waals surface area (Å²) in [5.41, 5.74) is 0.587. The summed E-state index contributed by atoms with van der Waals surface area (Å²) in [6, 6.07) is 0. The van der Waals surface area contributed by atoms with Gasteiger partial charge in [0.15, 0.2) is 0 Å². The Morgan fingerprint density at radius 2 is 1.61 bits per heavy atom. The van der Waals surface area contributed by atoms with Crippen LogP contribution in [0, 0.1) is 23.7 Å². The highest BCUT2D eigenvalue weighted by molar-refractivity contribution is 5.12. The second kappa shape index (κ2) is 7.89. The first kappa shape index (κ1) is 17.8. The molecule has 1 heteroatoms. The molecule has 0 radical (unpaired) electrons. The monoisotopic (exact) mass is 319 g/mol. The SMILES string of the molecule is CCCCC[C@H]1[C@@H]2CCC[C@@H]2CC1(C1CCCC1)N(CC)CC. The molecule has 1 unspecified atom stereocenters. The summed E-state index contributed by atoms with van der Waals surface area (Å²) < 4.78 is 0. The van der Waals surface area contributed by atoms with Crippen molar-refractivity contribution in [1.82, 2.24) is 4.90 Å². The van der Waals surface area contributed by atoms with Crippen LogP contribution in [0.4, 0.5) is 0 Å². The lowest BCUT2D eigenvalue weighted by molar-refractivity contribution is -0.00928. The molecule has 3 rings (SSSR count). The molecule has 3 aliphatic rings. The van der Waals surface area contributed by atoms with E-state index >= 15 is 0 Å². The third-order valence-electron chi connectivity index (χ3n) is 8.00. The first-order chi connectivity index (χ1) is 11.3. The highest BCUT2D eigenvalue weighted by Gasteiger charge is 2.59. The second-order valence-corrected chi connectivity index (χ2v) is 8.81. The van der Waals surface area contributed by atoms with Crippen LogP contribution in [0.5, 0.6) is 0 Å². The molecule has 0 aromatic heterocycles. The van der Waals surface area contributed by atoms with Gasteiger partial charge < -0.3 is 0 Å². The van der Waals surface area contributed by atoms with Crippen LogP contribution in [0.15, 0.2) is 0 Å². The first-order valence-electron chi connectivity index (χ1n) is 11.0. The van der Waals surface area contributed by atoms with Gasteiger partial charge in [-0.3, -0.25) is 4.90 Å². The van der Waals surface area contributed by atoms with Crippen LogP contribution in [-0.2, 0) is 0 Å². The van der Waals surface area contributed by atoms with Crippen LogP contribution in [0.3, 0.4) is 0 Å². The smallest absolute Gasteiger partial charge is 0.0271 e. The lowest BCUT2D eigenvalue weighted by atomic mass is 9.69. The van der Waals surface area contributed by atoms with Crippen molar-refractivity contribution in [1.29, 1.82) is 0 Å². The van der Waals surface area contributed by atoms with E-state index in [1.807, 2.05) is 0 Å². The van der Waals surface area contributed by atoms with Crippen LogP contribution in [-0.4, -0.2) is 23.5 Å². The van der Waals surface area contributed by atoms with Crippen molar-refractivity contribution in [3.63, 3.8) is 0 Å². The van der Waals surface area contributed by atoms with Crippen molar-refractivity contribution in [2.24, 2.45) is 23.7 Å². The fourth-order valence-electron chi connectivity index (χ4n) is 7.20. The molecule has 0 bridgehead atoms. The van der Waals surface area contributed by atoms with E-state index in [2.05, 4.69) is 25.7 Å². The zero-order chi connectivity index (χ0) is 16.3. The van der Waals surface area contributed by atoms with Gasteiger partial charge in [0.1, 0.15) is 0 Å². The third kappa shape index (κ3) is 3.12. The molecular weight excluding hydrogens is 278 g/mol. The number of hydrogen-bond acceptors (Lipinski definition) is 1. The predicted molar refractivity (Wildman–Crippen MR) is 101 cm³/mol. The normalized spacial score (nSPS) is 37.8. The van der Waals surface area contributed by atoms with Gasteiger partial charge in [0.25, 0.3) is 0 Å². The molecule has 3 aliphatic carbocycles. The molecule has 0 amide bonds. The highest BCUT2D eigenvalue weighted by atomic mass is 15.2. The van der Waals surface area contributed by atoms with Crippen LogP contribution in [0.25, 0.3) is 0 Å². The summed E-state index contributed by atoms with van der Waals surface area (Å²) in [5.74, 6) is 4.18. The Balaban J connectivity index is 1.89. The van der Waals surface area contributed by atoms with Crippen LogP contribution in [0.2, 0.25) is 0 Å². The minimum Gasteiger partial charge on any atom is -0.298 e. The maximum Gasteiger partial charge on any atom is 0.0271 e. The highest BCUT2D eigenvalue weighted by Crippen LogP contribution is 2.61. The Bertz CT molecular complexity index is 351. The minimum atomic E-state index is 0.587. The average Bonchev–Trinajstić information content (AvgIpc) is 3.26. The van der Waals surface area contributed by atoms with Gasteiger partial charge in [0.2, 0.25) is 0 Å². The van der Waals surface area contributed by atoms with Crippen molar-refractivity contribution in [3.8, 4) is 0 Å². The lowest BCUT2D eigenvalue weighted by Gasteiger charge is -2.50. The van der Waals surface area contributed by atoms with Crippen molar-refractivity contribution >= 4 is 0 Å². The van der Waals surface area contributed by atoms with Gasteiger partial charge in [0, 0.05) is 5.54 Å². The standard InChI is InChI=1S/C22H41N/c1-4-7-8-16-21-20-15-11-12-18(20)17-22(21,23(5-2)6-3)19-13-9-10-14-19/h18-21H,4-17H2,1-3H3/t18-,20-,21+,22?/m1/s1. The molecule has 0 heterocycles. The van der Waals surface area contributed by atoms with E-state index < -0.39 is 0 Å². The zero-order valence-electron chi connectivity index (χ0n) is 16.2. The Hall–Kier alpha value is -0.0400. The minimum absolute atomic E-state index is 0.587. The molecule has 23 heavy (non-hydrogen) atoms. The van der Waals surface area contributed by atoms with Crippen molar-refractivity contribution in [3.05, 3.63) is 0 Å². The summed E-state index contributed by atoms with van der Waals surface area (Å²) in [6.07, 6.45) is 18.1. The molecule has 0 aromatic carbocycles. The summed E-state index contributed by atoms with van der Waals surface area (Å²) in [6.45, 7) is 9.77. The van der Waals surface area contributed by atoms with Gasteiger partial charge >= 0.3 is 0 Å². The van der Waals surface area contributed by atoms with E-state index in [4.69, 9.17) is 0 Å². The van der Waals surface area contributed by atoms with E-state index in [-0.39, 0.29) is 0 Å². The van der Waals surface area contributed by atoms with Crippen molar-refractivity contribution in [2.75, 3.05) is 13.1 Å². The molecule has 0 N–H and O–H groups in total. The fourth-order valence-corrected chi connectivity index (χ4v) is 7.20. The Labute approximate surface area is 145 Å². The van der Waals surface area contributed by atoms with Crippen LogP contribution >= 0.6 is 0 Å². The fraction of sp³-hybridized carbons (Fsp3) is 1.00. The third-order valence-corrected chi connectivity index (χ3v) is 8.00. The number of hydrogen-bond donors (Lipinski definition) is 0. The maximum absolute atomic E-state index is 2.96. The summed E-state index contributed by atoms with van der Waals surface area (Å²) in [7, 11) is 0. The number of fused-ring (bicyclic) bond motifs is 1. The van der Waals surface area contributed by atoms with Gasteiger partial charge in [-0.15, -0.1) is 0 Å². The number of nitrogens with zero attached hydrogens (tertiary/aromatic N) is 1. The molecule has 0 aliphatic heterocycles. The summed E-state index contributed by atoms with van der Waals surface area (Å²) >= 11 is 0. The van der Waals surface area contributed by atoms with Crippen LogP contribution < -0.4 is 0 Å². The zero-order valence-corrected chi connectivity index (χ0v) is 16.2. The molecule has 134 valence electrons. The van der Waals surface area contributed by atoms with E-state index in [0.29, 0.717) is 5.54 Å². The quantitative estimate of drug-likeness (QED) is 0.476. The maximum atomic E-state index is 2.96. The molecule has 0 spiro atoms. The van der Waals surface area contributed by atoms with E-state index in [9.17, 15) is 0 Å². The lowest BCUT2D eigenvalue weighted by Crippen LogP contribution is -2.56. The second-order valence-electron chi connectivity index (χ2n) is 8.81. The van der Waals surface area contributed by atoms with Gasteiger partial charge in [0.05, 0.1) is 0 Å². The molecule has 0 aromatic rings. The molecule has 3 saturated carbocycles. The average molecular weight is 320 g/mol. The molecule has 4 atom stereocenters. The van der Waals surface area contributed by atoms with Crippen LogP contribution in [0.1, 0.15) is 97.8 Å². The van der Waals surface area contributed by atoms with Gasteiger partial charge in [-0.25, -0.2) is 0 Å². The number of unbranched alkanes of at least 4 members (excludes halogenated alkanes) is 2. The molecular formula is C22H41N. The summed E-state index contributed by atoms with van der Waals surface area (Å²) in [4.78, 5) is 2.96. The van der Waals surface area contributed by atoms with Gasteiger partial charge in [-0.05, 0) is 68.9 Å². The van der Waals surface area contributed by atoms with Crippen molar-refractivity contribution in [2.45, 2.75) is 103 Å². The van der Waals surface area contributed by atoms with E-state index in [1.165, 1.54) is 70.9 Å².